The van der Waals surface area contributed by atoms with Crippen LogP contribution in [-0.4, -0.2) is 12.6 Å². The molecule has 0 saturated carbocycles. The van der Waals surface area contributed by atoms with Crippen molar-refractivity contribution in [2.45, 2.75) is 57.8 Å². The predicted octanol–water partition coefficient (Wildman–Crippen LogP) is 7.76. The topological polar surface area (TPSA) is 112 Å². The minimum Gasteiger partial charge on any atom is -0.494 e. The van der Waals surface area contributed by atoms with Gasteiger partial charge in [0.25, 0.3) is 0 Å². The van der Waals surface area contributed by atoms with E-state index in [0.29, 0.717) is 30.2 Å². The van der Waals surface area contributed by atoms with Crippen LogP contribution < -0.4 is 20.9 Å². The Morgan fingerprint density at radius 2 is 1.03 bits per heavy atom. The second-order valence-electron chi connectivity index (χ2n) is 8.76. The SMILES string of the molecule is Nc1ccc(N=Nc2ccc(OCCCCCCCCCCC(=O)Oc3ccc(N)cc3)cc2)cc1. The summed E-state index contributed by atoms with van der Waals surface area (Å²) in [6, 6.07) is 21.8. The maximum absolute atomic E-state index is 11.9. The highest BCUT2D eigenvalue weighted by atomic mass is 16.5. The van der Waals surface area contributed by atoms with Crippen LogP contribution in [0.25, 0.3) is 0 Å². The second-order valence-corrected chi connectivity index (χ2v) is 8.76. The number of carbonyl (C=O) groups excluding carboxylic acids is 1. The molecule has 4 N–H and O–H groups in total. The molecule has 3 aromatic rings. The van der Waals surface area contributed by atoms with E-state index in [0.717, 1.165) is 49.2 Å². The highest BCUT2D eigenvalue weighted by Gasteiger charge is 2.04. The molecule has 3 aromatic carbocycles. The van der Waals surface area contributed by atoms with Crippen LogP contribution in [0.1, 0.15) is 57.8 Å². The van der Waals surface area contributed by atoms with Crippen molar-refractivity contribution >= 4 is 28.7 Å². The molecule has 0 saturated heterocycles. The van der Waals surface area contributed by atoms with E-state index in [1.807, 2.05) is 36.4 Å². The normalized spacial score (nSPS) is 11.0. The Morgan fingerprint density at radius 3 is 1.61 bits per heavy atom. The largest absolute Gasteiger partial charge is 0.494 e. The molecule has 0 aliphatic carbocycles. The number of ether oxygens (including phenoxy) is 2. The van der Waals surface area contributed by atoms with Gasteiger partial charge in [0, 0.05) is 17.8 Å². The second kappa shape index (κ2) is 15.2. The first kappa shape index (κ1) is 26.7. The highest BCUT2D eigenvalue weighted by Crippen LogP contribution is 2.22. The van der Waals surface area contributed by atoms with Crippen molar-refractivity contribution in [3.05, 3.63) is 72.8 Å². The van der Waals surface area contributed by atoms with Crippen molar-refractivity contribution in [1.29, 1.82) is 0 Å². The highest BCUT2D eigenvalue weighted by molar-refractivity contribution is 5.72. The van der Waals surface area contributed by atoms with Gasteiger partial charge in [-0.25, -0.2) is 0 Å². The molecule has 0 radical (unpaired) electrons. The molecule has 190 valence electrons. The molecular formula is C29H36N4O3. The third-order valence-electron chi connectivity index (χ3n) is 5.67. The van der Waals surface area contributed by atoms with Gasteiger partial charge in [-0.2, -0.15) is 10.2 Å². The lowest BCUT2D eigenvalue weighted by molar-refractivity contribution is -0.134. The number of nitrogens with two attached hydrogens (primary N) is 2. The fourth-order valence-electron chi connectivity index (χ4n) is 3.61. The minimum atomic E-state index is -0.183. The van der Waals surface area contributed by atoms with Crippen molar-refractivity contribution in [3.8, 4) is 11.5 Å². The van der Waals surface area contributed by atoms with Gasteiger partial charge in [-0.3, -0.25) is 4.79 Å². The summed E-state index contributed by atoms with van der Waals surface area (Å²) in [6.07, 6.45) is 9.31. The van der Waals surface area contributed by atoms with Crippen molar-refractivity contribution in [3.63, 3.8) is 0 Å². The van der Waals surface area contributed by atoms with Crippen LogP contribution in [0, 0.1) is 0 Å². The summed E-state index contributed by atoms with van der Waals surface area (Å²) < 4.78 is 11.1. The van der Waals surface area contributed by atoms with Gasteiger partial charge in [0.05, 0.1) is 18.0 Å². The zero-order valence-electron chi connectivity index (χ0n) is 20.8. The zero-order chi connectivity index (χ0) is 25.4. The third kappa shape index (κ3) is 10.6. The Kier molecular flexibility index (Phi) is 11.3. The zero-order valence-corrected chi connectivity index (χ0v) is 20.8. The van der Waals surface area contributed by atoms with E-state index in [4.69, 9.17) is 20.9 Å². The number of nitrogen functional groups attached to an aromatic ring is 2. The molecule has 0 spiro atoms. The van der Waals surface area contributed by atoms with Crippen molar-refractivity contribution < 1.29 is 14.3 Å². The molecule has 0 unspecified atom stereocenters. The molecule has 7 nitrogen and oxygen atoms in total. The molecule has 36 heavy (non-hydrogen) atoms. The number of hydrogen-bond acceptors (Lipinski definition) is 7. The van der Waals surface area contributed by atoms with E-state index in [2.05, 4.69) is 10.2 Å². The van der Waals surface area contributed by atoms with Crippen LogP contribution in [0.4, 0.5) is 22.7 Å². The molecular weight excluding hydrogens is 452 g/mol. The van der Waals surface area contributed by atoms with E-state index in [1.54, 1.807) is 36.4 Å². The monoisotopic (exact) mass is 488 g/mol. The number of esters is 1. The van der Waals surface area contributed by atoms with Crippen molar-refractivity contribution in [2.24, 2.45) is 10.2 Å². The van der Waals surface area contributed by atoms with E-state index in [1.165, 1.54) is 19.3 Å². The van der Waals surface area contributed by atoms with E-state index in [-0.39, 0.29) is 5.97 Å². The number of unbranched alkanes of at least 4 members (excludes halogenated alkanes) is 7. The van der Waals surface area contributed by atoms with Gasteiger partial charge in [-0.05, 0) is 85.6 Å². The Morgan fingerprint density at radius 1 is 0.583 bits per heavy atom. The van der Waals surface area contributed by atoms with Crippen LogP contribution in [-0.2, 0) is 4.79 Å². The Hall–Kier alpha value is -3.87. The fourth-order valence-corrected chi connectivity index (χ4v) is 3.61. The molecule has 0 atom stereocenters. The summed E-state index contributed by atoms with van der Waals surface area (Å²) in [5.41, 5.74) is 14.2. The number of hydrogen-bond donors (Lipinski definition) is 2. The molecule has 0 bridgehead atoms. The molecule has 0 fully saturated rings. The lowest BCUT2D eigenvalue weighted by Gasteiger charge is -2.06. The standard InChI is InChI=1S/C29H36N4O3/c30-23-10-14-25(15-11-23)32-33-26-16-20-27(21-17-26)35-22-8-6-4-2-1-3-5-7-9-29(34)36-28-18-12-24(31)13-19-28/h10-21H,1-9,22,30-31H2. The smallest absolute Gasteiger partial charge is 0.311 e. The molecule has 0 aliphatic rings. The molecule has 0 heterocycles. The van der Waals surface area contributed by atoms with Gasteiger partial charge in [0.15, 0.2) is 0 Å². The lowest BCUT2D eigenvalue weighted by atomic mass is 10.1. The third-order valence-corrected chi connectivity index (χ3v) is 5.67. The number of azo groups is 1. The average Bonchev–Trinajstić information content (AvgIpc) is 2.89. The number of nitrogens with zero attached hydrogens (tertiary/aromatic N) is 2. The molecule has 3 rings (SSSR count). The average molecular weight is 489 g/mol. The molecule has 0 aliphatic heterocycles. The first-order valence-corrected chi connectivity index (χ1v) is 12.6. The van der Waals surface area contributed by atoms with Crippen LogP contribution in [0.5, 0.6) is 11.5 Å². The number of rotatable bonds is 15. The van der Waals surface area contributed by atoms with Gasteiger partial charge < -0.3 is 20.9 Å². The fraction of sp³-hybridized carbons (Fsp3) is 0.345. The van der Waals surface area contributed by atoms with E-state index >= 15 is 0 Å². The van der Waals surface area contributed by atoms with Gasteiger partial charge >= 0.3 is 5.97 Å². The summed E-state index contributed by atoms with van der Waals surface area (Å²) in [7, 11) is 0. The van der Waals surface area contributed by atoms with Crippen molar-refractivity contribution in [1.82, 2.24) is 0 Å². The Balaban J connectivity index is 1.15. The van der Waals surface area contributed by atoms with Gasteiger partial charge in [-0.1, -0.05) is 38.5 Å². The van der Waals surface area contributed by atoms with Gasteiger partial charge in [-0.15, -0.1) is 0 Å². The molecule has 0 aromatic heterocycles. The first-order chi connectivity index (χ1) is 17.6. The van der Waals surface area contributed by atoms with Crippen LogP contribution >= 0.6 is 0 Å². The number of carbonyl (C=O) groups is 1. The molecule has 7 heteroatoms. The van der Waals surface area contributed by atoms with Crippen LogP contribution in [0.15, 0.2) is 83.0 Å². The summed E-state index contributed by atoms with van der Waals surface area (Å²) in [4.78, 5) is 11.9. The van der Waals surface area contributed by atoms with Crippen molar-refractivity contribution in [2.75, 3.05) is 18.1 Å². The summed E-state index contributed by atoms with van der Waals surface area (Å²) >= 11 is 0. The van der Waals surface area contributed by atoms with E-state index < -0.39 is 0 Å². The quantitative estimate of drug-likeness (QED) is 0.0746. The maximum Gasteiger partial charge on any atom is 0.311 e. The molecule has 0 amide bonds. The number of anilines is 2. The maximum atomic E-state index is 11.9. The summed E-state index contributed by atoms with van der Waals surface area (Å²) in [5.74, 6) is 1.21. The lowest BCUT2D eigenvalue weighted by Crippen LogP contribution is -2.07. The van der Waals surface area contributed by atoms with Crippen LogP contribution in [0.3, 0.4) is 0 Å². The Labute approximate surface area is 213 Å². The Bertz CT molecular complexity index is 1070. The summed E-state index contributed by atoms with van der Waals surface area (Å²) in [5, 5.41) is 8.44. The summed E-state index contributed by atoms with van der Waals surface area (Å²) in [6.45, 7) is 0.711. The van der Waals surface area contributed by atoms with Gasteiger partial charge in [0.1, 0.15) is 11.5 Å². The van der Waals surface area contributed by atoms with E-state index in [9.17, 15) is 4.79 Å². The number of benzene rings is 3. The first-order valence-electron chi connectivity index (χ1n) is 12.6. The van der Waals surface area contributed by atoms with Crippen LogP contribution in [0.2, 0.25) is 0 Å². The minimum absolute atomic E-state index is 0.183. The predicted molar refractivity (Wildman–Crippen MR) is 145 cm³/mol. The van der Waals surface area contributed by atoms with Gasteiger partial charge in [0.2, 0.25) is 0 Å².